The van der Waals surface area contributed by atoms with E-state index >= 15 is 0 Å². The number of unbranched alkanes of at least 4 members (excludes halogenated alkanes) is 2. The molecule has 0 unspecified atom stereocenters. The molecular weight excluding hydrogens is 120 g/mol. The summed E-state index contributed by atoms with van der Waals surface area (Å²) in [4.78, 5) is 19.1. The summed E-state index contributed by atoms with van der Waals surface area (Å²) in [5.41, 5.74) is 0. The maximum atomic E-state index is 9.56. The molecule has 0 spiro atoms. The van der Waals surface area contributed by atoms with Gasteiger partial charge in [-0.1, -0.05) is 0 Å². The normalized spacial score (nSPS) is 6.89. The van der Waals surface area contributed by atoms with Crippen LogP contribution in [0.3, 0.4) is 0 Å². The minimum absolute atomic E-state index is 0.513. The molecule has 0 aliphatic heterocycles. The lowest BCUT2D eigenvalue weighted by Crippen LogP contribution is -2.02. The Balaban J connectivity index is 0. The fraction of sp³-hybridized carbons (Fsp3) is 0.600. The Morgan fingerprint density at radius 2 is 1.33 bits per heavy atom. The second kappa shape index (κ2) is 15.7. The molecule has 0 aromatic carbocycles. The maximum Gasteiger partial charge on any atom is 0.120 e. The van der Waals surface area contributed by atoms with Gasteiger partial charge in [0, 0.05) is 12.8 Å². The van der Waals surface area contributed by atoms with Crippen molar-refractivity contribution in [2.24, 2.45) is 11.7 Å². The van der Waals surface area contributed by atoms with E-state index in [1.165, 1.54) is 0 Å². The number of carbonyl (C=O) groups excluding carboxylic acids is 2. The smallest absolute Gasteiger partial charge is 0.120 e. The number of carbonyl (C=O) groups is 2. The van der Waals surface area contributed by atoms with Crippen LogP contribution >= 0.6 is 0 Å². The Kier molecular flexibility index (Phi) is 19.4. The Bertz CT molecular complexity index is 58.0. The van der Waals surface area contributed by atoms with Crippen LogP contribution in [0.25, 0.3) is 0 Å². The summed E-state index contributed by atoms with van der Waals surface area (Å²) in [5, 5.41) is 0. The van der Waals surface area contributed by atoms with Crippen LogP contribution < -0.4 is 11.7 Å². The lowest BCUT2D eigenvalue weighted by molar-refractivity contribution is -0.108. The van der Waals surface area contributed by atoms with Crippen molar-refractivity contribution in [2.45, 2.75) is 19.3 Å². The maximum absolute atomic E-state index is 9.56. The fourth-order valence-corrected chi connectivity index (χ4v) is 0.285. The predicted molar refractivity (Wildman–Crippen MR) is 34.4 cm³/mol. The fourth-order valence-electron chi connectivity index (χ4n) is 0.285. The van der Waals surface area contributed by atoms with Gasteiger partial charge in [-0.2, -0.15) is 0 Å². The van der Waals surface area contributed by atoms with Gasteiger partial charge in [0.05, 0.1) is 0 Å². The highest BCUT2D eigenvalue weighted by Crippen LogP contribution is 1.85. The van der Waals surface area contributed by atoms with Crippen LogP contribution in [-0.4, -0.2) is 12.6 Å². The molecule has 54 valence electrons. The molecule has 0 aromatic rings. The Hall–Kier alpha value is -0.740. The van der Waals surface area contributed by atoms with Crippen LogP contribution in [0.2, 0.25) is 0 Å². The van der Waals surface area contributed by atoms with Gasteiger partial charge >= 0.3 is 0 Å². The van der Waals surface area contributed by atoms with Crippen molar-refractivity contribution in [3.05, 3.63) is 0 Å². The average Bonchev–Trinajstić information content (AvgIpc) is 1.94. The summed E-state index contributed by atoms with van der Waals surface area (Å²) >= 11 is 0. The monoisotopic (exact) mass is 132 g/mol. The number of nitrogens with two attached hydrogens (primary N) is 2. The zero-order chi connectivity index (χ0) is 7.54. The van der Waals surface area contributed by atoms with Gasteiger partial charge in [-0.3, -0.25) is 11.7 Å². The molecule has 4 heteroatoms. The molecule has 0 aromatic heterocycles. The Labute approximate surface area is 54.2 Å². The molecule has 0 aliphatic carbocycles. The molecule has 0 aliphatic rings. The second-order valence-electron chi connectivity index (χ2n) is 1.26. The van der Waals surface area contributed by atoms with E-state index < -0.39 is 0 Å². The minimum atomic E-state index is 0.513. The highest BCUT2D eigenvalue weighted by Gasteiger charge is 1.80. The van der Waals surface area contributed by atoms with E-state index in [1.807, 2.05) is 0 Å². The van der Waals surface area contributed by atoms with Crippen molar-refractivity contribution in [3.63, 3.8) is 0 Å². The molecule has 0 heterocycles. The molecule has 4 nitrogen and oxygen atoms in total. The number of rotatable bonds is 4. The quantitative estimate of drug-likeness (QED) is 0.231. The van der Waals surface area contributed by atoms with E-state index in [1.54, 1.807) is 0 Å². The van der Waals surface area contributed by atoms with Crippen LogP contribution in [0.15, 0.2) is 0 Å². The van der Waals surface area contributed by atoms with Crippen LogP contribution in [-0.2, 0) is 9.59 Å². The van der Waals surface area contributed by atoms with Gasteiger partial charge in [-0.05, 0) is 6.42 Å². The molecule has 0 amide bonds. The molecule has 0 saturated heterocycles. The number of hydrogen-bond donors (Lipinski definition) is 2. The summed E-state index contributed by atoms with van der Waals surface area (Å²) in [6, 6.07) is 0. The first kappa shape index (κ1) is 11.1. The standard InChI is InChI=1S/C5H8O2.H4N2/c6-4-2-1-3-5-7;1-2/h4-5H,1-3H2;1-2H2. The van der Waals surface area contributed by atoms with Crippen LogP contribution in [0.1, 0.15) is 19.3 Å². The van der Waals surface area contributed by atoms with Crippen LogP contribution in [0.5, 0.6) is 0 Å². The van der Waals surface area contributed by atoms with Crippen molar-refractivity contribution in [3.8, 4) is 0 Å². The van der Waals surface area contributed by atoms with E-state index in [9.17, 15) is 9.59 Å². The van der Waals surface area contributed by atoms with Gasteiger partial charge in [0.1, 0.15) is 12.6 Å². The first-order valence-electron chi connectivity index (χ1n) is 2.62. The van der Waals surface area contributed by atoms with Crippen molar-refractivity contribution in [2.75, 3.05) is 0 Å². The molecule has 9 heavy (non-hydrogen) atoms. The molecule has 4 N–H and O–H groups in total. The zero-order valence-corrected chi connectivity index (χ0v) is 5.25. The summed E-state index contributed by atoms with van der Waals surface area (Å²) in [5.74, 6) is 8.00. The second-order valence-corrected chi connectivity index (χ2v) is 1.26. The van der Waals surface area contributed by atoms with E-state index in [-0.39, 0.29) is 0 Å². The van der Waals surface area contributed by atoms with E-state index in [0.717, 1.165) is 12.6 Å². The highest BCUT2D eigenvalue weighted by molar-refractivity contribution is 5.52. The lowest BCUT2D eigenvalue weighted by atomic mass is 10.3. The summed E-state index contributed by atoms with van der Waals surface area (Å²) in [6.07, 6.45) is 3.37. The number of hydrogen-bond acceptors (Lipinski definition) is 4. The van der Waals surface area contributed by atoms with Crippen LogP contribution in [0, 0.1) is 0 Å². The molecule has 0 fully saturated rings. The molecule has 0 saturated carbocycles. The predicted octanol–water partition coefficient (Wildman–Crippen LogP) is -0.627. The molecule has 0 bridgehead atoms. The van der Waals surface area contributed by atoms with Crippen molar-refractivity contribution < 1.29 is 9.59 Å². The lowest BCUT2D eigenvalue weighted by Gasteiger charge is -1.78. The molecule has 0 atom stereocenters. The molecule has 0 radical (unpaired) electrons. The summed E-state index contributed by atoms with van der Waals surface area (Å²) in [7, 11) is 0. The first-order chi connectivity index (χ1) is 4.41. The van der Waals surface area contributed by atoms with Gasteiger partial charge in [0.15, 0.2) is 0 Å². The third-order valence-corrected chi connectivity index (χ3v) is 0.644. The van der Waals surface area contributed by atoms with Gasteiger partial charge in [0.25, 0.3) is 0 Å². The van der Waals surface area contributed by atoms with Gasteiger partial charge in [-0.25, -0.2) is 0 Å². The SMILES string of the molecule is NN.O=CCCCC=O. The highest BCUT2D eigenvalue weighted by atomic mass is 16.1. The Morgan fingerprint density at radius 1 is 1.00 bits per heavy atom. The Morgan fingerprint density at radius 3 is 1.56 bits per heavy atom. The van der Waals surface area contributed by atoms with Gasteiger partial charge < -0.3 is 9.59 Å². The number of aldehydes is 2. The third-order valence-electron chi connectivity index (χ3n) is 0.644. The summed E-state index contributed by atoms with van der Waals surface area (Å²) in [6.45, 7) is 0. The zero-order valence-electron chi connectivity index (χ0n) is 5.25. The topological polar surface area (TPSA) is 86.2 Å². The van der Waals surface area contributed by atoms with E-state index in [4.69, 9.17) is 0 Å². The van der Waals surface area contributed by atoms with E-state index in [0.29, 0.717) is 19.3 Å². The largest absolute Gasteiger partial charge is 0.303 e. The van der Waals surface area contributed by atoms with Gasteiger partial charge in [0.2, 0.25) is 0 Å². The summed E-state index contributed by atoms with van der Waals surface area (Å²) < 4.78 is 0. The third kappa shape index (κ3) is 18.9. The molecular formula is C5H12N2O2. The first-order valence-corrected chi connectivity index (χ1v) is 2.62. The molecule has 0 rings (SSSR count). The van der Waals surface area contributed by atoms with Crippen molar-refractivity contribution >= 4 is 12.6 Å². The van der Waals surface area contributed by atoms with Crippen molar-refractivity contribution in [1.29, 1.82) is 0 Å². The average molecular weight is 132 g/mol. The number of hydrazine groups is 1. The van der Waals surface area contributed by atoms with Crippen molar-refractivity contribution in [1.82, 2.24) is 0 Å². The minimum Gasteiger partial charge on any atom is -0.303 e. The van der Waals surface area contributed by atoms with E-state index in [2.05, 4.69) is 11.7 Å². The van der Waals surface area contributed by atoms with Crippen LogP contribution in [0.4, 0.5) is 0 Å². The van der Waals surface area contributed by atoms with Gasteiger partial charge in [-0.15, -0.1) is 0 Å².